The van der Waals surface area contributed by atoms with E-state index in [0.717, 1.165) is 13.0 Å². The van der Waals surface area contributed by atoms with Crippen LogP contribution in [0.15, 0.2) is 0 Å². The first-order valence-corrected chi connectivity index (χ1v) is 4.24. The molecule has 70 valence electrons. The fourth-order valence-electron chi connectivity index (χ4n) is 0.965. The molecule has 0 amide bonds. The van der Waals surface area contributed by atoms with Crippen LogP contribution in [0, 0.1) is 11.3 Å². The van der Waals surface area contributed by atoms with Crippen molar-refractivity contribution in [2.45, 2.75) is 32.4 Å². The minimum absolute atomic E-state index is 0.0168. The lowest BCUT2D eigenvalue weighted by molar-refractivity contribution is 0.145. The van der Waals surface area contributed by atoms with Crippen LogP contribution >= 0.6 is 0 Å². The Kier molecular flexibility index (Phi) is 5.69. The van der Waals surface area contributed by atoms with Crippen molar-refractivity contribution in [3.8, 4) is 6.07 Å². The fraction of sp³-hybridized carbons (Fsp3) is 0.889. The van der Waals surface area contributed by atoms with E-state index < -0.39 is 0 Å². The zero-order valence-corrected chi connectivity index (χ0v) is 8.37. The fourth-order valence-corrected chi connectivity index (χ4v) is 0.965. The largest absolute Gasteiger partial charge is 0.385 e. The average molecular weight is 170 g/mol. The molecule has 3 nitrogen and oxygen atoms in total. The Morgan fingerprint density at radius 3 is 2.50 bits per heavy atom. The van der Waals surface area contributed by atoms with Gasteiger partial charge in [-0.15, -0.1) is 0 Å². The van der Waals surface area contributed by atoms with E-state index in [4.69, 9.17) is 10.00 Å². The van der Waals surface area contributed by atoms with E-state index in [-0.39, 0.29) is 6.04 Å². The summed E-state index contributed by atoms with van der Waals surface area (Å²) in [6, 6.07) is 2.59. The number of rotatable bonds is 5. The van der Waals surface area contributed by atoms with Gasteiger partial charge in [0.25, 0.3) is 0 Å². The van der Waals surface area contributed by atoms with Gasteiger partial charge in [0.15, 0.2) is 0 Å². The molecule has 0 bridgehead atoms. The summed E-state index contributed by atoms with van der Waals surface area (Å²) in [5, 5.41) is 8.66. The van der Waals surface area contributed by atoms with Gasteiger partial charge >= 0.3 is 0 Å². The average Bonchev–Trinajstić information content (AvgIpc) is 2.11. The topological polar surface area (TPSA) is 36.3 Å². The molecule has 0 aromatic heterocycles. The van der Waals surface area contributed by atoms with Gasteiger partial charge in [-0.25, -0.2) is 0 Å². The van der Waals surface area contributed by atoms with E-state index in [9.17, 15) is 0 Å². The third-order valence-electron chi connectivity index (χ3n) is 2.23. The number of nitriles is 1. The normalized spacial score (nSPS) is 15.7. The second-order valence-electron chi connectivity index (χ2n) is 3.10. The summed E-state index contributed by atoms with van der Waals surface area (Å²) in [4.78, 5) is 2.05. The van der Waals surface area contributed by atoms with Crippen molar-refractivity contribution in [3.63, 3.8) is 0 Å². The zero-order chi connectivity index (χ0) is 9.56. The summed E-state index contributed by atoms with van der Waals surface area (Å²) in [7, 11) is 3.66. The van der Waals surface area contributed by atoms with Gasteiger partial charge in [-0.2, -0.15) is 5.26 Å². The SMILES string of the molecule is COCCC(C)N(C)C(C)C#N. The van der Waals surface area contributed by atoms with Crippen molar-refractivity contribution < 1.29 is 4.74 Å². The Morgan fingerprint density at radius 1 is 1.50 bits per heavy atom. The number of methoxy groups -OCH3 is 1. The van der Waals surface area contributed by atoms with Gasteiger partial charge in [-0.05, 0) is 27.3 Å². The molecule has 0 fully saturated rings. The van der Waals surface area contributed by atoms with Crippen LogP contribution in [0.1, 0.15) is 20.3 Å². The molecule has 0 aromatic rings. The lowest BCUT2D eigenvalue weighted by atomic mass is 10.2. The third kappa shape index (κ3) is 3.70. The quantitative estimate of drug-likeness (QED) is 0.623. The van der Waals surface area contributed by atoms with Crippen molar-refractivity contribution in [1.29, 1.82) is 5.26 Å². The highest BCUT2D eigenvalue weighted by atomic mass is 16.5. The van der Waals surface area contributed by atoms with Gasteiger partial charge in [0, 0.05) is 19.8 Å². The van der Waals surface area contributed by atoms with Crippen molar-refractivity contribution >= 4 is 0 Å². The van der Waals surface area contributed by atoms with Crippen LogP contribution in [0.4, 0.5) is 0 Å². The lowest BCUT2D eigenvalue weighted by Gasteiger charge is -2.26. The monoisotopic (exact) mass is 170 g/mol. The maximum absolute atomic E-state index is 8.66. The van der Waals surface area contributed by atoms with Gasteiger partial charge in [-0.3, -0.25) is 4.90 Å². The van der Waals surface area contributed by atoms with E-state index in [1.807, 2.05) is 14.0 Å². The summed E-state index contributed by atoms with van der Waals surface area (Å²) in [6.07, 6.45) is 0.971. The summed E-state index contributed by atoms with van der Waals surface area (Å²) in [5.74, 6) is 0. The molecule has 3 heteroatoms. The van der Waals surface area contributed by atoms with Gasteiger partial charge in [0.1, 0.15) is 0 Å². The number of ether oxygens (including phenoxy) is 1. The Hall–Kier alpha value is -0.590. The summed E-state index contributed by atoms with van der Waals surface area (Å²) in [6.45, 7) is 4.76. The first-order chi connectivity index (χ1) is 5.63. The molecule has 0 saturated heterocycles. The van der Waals surface area contributed by atoms with E-state index in [1.54, 1.807) is 7.11 Å². The molecular weight excluding hydrogens is 152 g/mol. The van der Waals surface area contributed by atoms with Crippen molar-refractivity contribution in [3.05, 3.63) is 0 Å². The van der Waals surface area contributed by atoms with Crippen LogP contribution in [-0.4, -0.2) is 37.7 Å². The Morgan fingerprint density at radius 2 is 2.08 bits per heavy atom. The third-order valence-corrected chi connectivity index (χ3v) is 2.23. The molecule has 2 unspecified atom stereocenters. The molecule has 0 aliphatic carbocycles. The van der Waals surface area contributed by atoms with E-state index in [1.165, 1.54) is 0 Å². The molecule has 0 saturated carbocycles. The highest BCUT2D eigenvalue weighted by molar-refractivity contribution is 4.88. The molecular formula is C9H18N2O. The standard InChI is InChI=1S/C9H18N2O/c1-8(5-6-12-4)11(3)9(2)7-10/h8-9H,5-6H2,1-4H3. The van der Waals surface area contributed by atoms with Crippen molar-refractivity contribution in [2.75, 3.05) is 20.8 Å². The highest BCUT2D eigenvalue weighted by Gasteiger charge is 2.14. The molecule has 2 atom stereocenters. The minimum atomic E-state index is -0.0168. The van der Waals surface area contributed by atoms with Crippen LogP contribution in [0.3, 0.4) is 0 Å². The summed E-state index contributed by atoms with van der Waals surface area (Å²) in [5.41, 5.74) is 0. The first-order valence-electron chi connectivity index (χ1n) is 4.24. The molecule has 0 heterocycles. The Balaban J connectivity index is 3.77. The number of nitrogens with zero attached hydrogens (tertiary/aromatic N) is 2. The summed E-state index contributed by atoms with van der Waals surface area (Å²) >= 11 is 0. The maximum Gasteiger partial charge on any atom is 0.0949 e. The van der Waals surface area contributed by atoms with Crippen LogP contribution < -0.4 is 0 Å². The van der Waals surface area contributed by atoms with Crippen LogP contribution in [0.2, 0.25) is 0 Å². The molecule has 0 radical (unpaired) electrons. The molecule has 0 rings (SSSR count). The van der Waals surface area contributed by atoms with Gasteiger partial charge in [-0.1, -0.05) is 0 Å². The van der Waals surface area contributed by atoms with E-state index in [2.05, 4.69) is 17.9 Å². The lowest BCUT2D eigenvalue weighted by Crippen LogP contribution is -2.36. The smallest absolute Gasteiger partial charge is 0.0949 e. The highest BCUT2D eigenvalue weighted by Crippen LogP contribution is 2.05. The van der Waals surface area contributed by atoms with Crippen molar-refractivity contribution in [1.82, 2.24) is 4.90 Å². The number of hydrogen-bond donors (Lipinski definition) is 0. The predicted molar refractivity (Wildman–Crippen MR) is 48.8 cm³/mol. The Labute approximate surface area is 74.9 Å². The second kappa shape index (κ2) is 5.99. The van der Waals surface area contributed by atoms with Gasteiger partial charge in [0.2, 0.25) is 0 Å². The van der Waals surface area contributed by atoms with Crippen LogP contribution in [0.5, 0.6) is 0 Å². The van der Waals surface area contributed by atoms with E-state index in [0.29, 0.717) is 6.04 Å². The predicted octanol–water partition coefficient (Wildman–Crippen LogP) is 1.26. The molecule has 12 heavy (non-hydrogen) atoms. The molecule has 0 aliphatic heterocycles. The zero-order valence-electron chi connectivity index (χ0n) is 8.37. The molecule has 0 aromatic carbocycles. The van der Waals surface area contributed by atoms with Crippen LogP contribution in [0.25, 0.3) is 0 Å². The second-order valence-corrected chi connectivity index (χ2v) is 3.10. The maximum atomic E-state index is 8.66. The minimum Gasteiger partial charge on any atom is -0.385 e. The molecule has 0 N–H and O–H groups in total. The van der Waals surface area contributed by atoms with E-state index >= 15 is 0 Å². The molecule has 0 aliphatic rings. The molecule has 0 spiro atoms. The van der Waals surface area contributed by atoms with Crippen molar-refractivity contribution in [2.24, 2.45) is 0 Å². The Bertz CT molecular complexity index is 153. The van der Waals surface area contributed by atoms with Crippen LogP contribution in [-0.2, 0) is 4.74 Å². The van der Waals surface area contributed by atoms with Gasteiger partial charge < -0.3 is 4.74 Å². The number of hydrogen-bond acceptors (Lipinski definition) is 3. The van der Waals surface area contributed by atoms with Gasteiger partial charge in [0.05, 0.1) is 12.1 Å². The first kappa shape index (κ1) is 11.4. The summed E-state index contributed by atoms with van der Waals surface area (Å²) < 4.78 is 4.97.